The summed E-state index contributed by atoms with van der Waals surface area (Å²) < 4.78 is 0.634. The molecule has 1 aliphatic heterocycles. The highest BCUT2D eigenvalue weighted by Gasteiger charge is 2.20. The average Bonchev–Trinajstić information content (AvgIpc) is 2.46. The third-order valence-electron chi connectivity index (χ3n) is 2.37. The summed E-state index contributed by atoms with van der Waals surface area (Å²) in [7, 11) is 0. The van der Waals surface area contributed by atoms with E-state index in [-0.39, 0.29) is 0 Å². The quantitative estimate of drug-likeness (QED) is 0.432. The number of alkyl halides is 1. The van der Waals surface area contributed by atoms with Crippen LogP contribution in [0.2, 0.25) is 0 Å². The third-order valence-corrected chi connectivity index (χ3v) is 3.16. The Hall–Kier alpha value is -0.0900. The van der Waals surface area contributed by atoms with E-state index in [4.69, 9.17) is 0 Å². The Morgan fingerprint density at radius 1 is 1.25 bits per heavy atom. The van der Waals surface area contributed by atoms with Crippen LogP contribution in [0, 0.1) is 0 Å². The minimum atomic E-state index is 0.634. The summed E-state index contributed by atoms with van der Waals surface area (Å²) in [5, 5.41) is 0. The van der Waals surface area contributed by atoms with Crippen molar-refractivity contribution >= 4 is 22.6 Å². The average molecular weight is 273 g/mol. The molecule has 1 atom stereocenters. The van der Waals surface area contributed by atoms with Crippen molar-refractivity contribution in [2.75, 3.05) is 0 Å². The van der Waals surface area contributed by atoms with Gasteiger partial charge in [0.1, 0.15) is 0 Å². The Bertz CT molecular complexity index is 258. The van der Waals surface area contributed by atoms with Crippen molar-refractivity contribution in [3.8, 4) is 0 Å². The summed E-state index contributed by atoms with van der Waals surface area (Å²) in [4.78, 5) is 2.48. The lowest BCUT2D eigenvalue weighted by Gasteiger charge is -2.17. The largest absolute Gasteiger partial charge is 0.283 e. The van der Waals surface area contributed by atoms with Crippen LogP contribution in [-0.2, 0) is 13.1 Å². The minimum absolute atomic E-state index is 0.634. The van der Waals surface area contributed by atoms with Gasteiger partial charge in [0.2, 0.25) is 0 Å². The normalized spacial score (nSPS) is 19.2. The van der Waals surface area contributed by atoms with Crippen molar-refractivity contribution in [1.29, 1.82) is 0 Å². The lowest BCUT2D eigenvalue weighted by Crippen LogP contribution is -2.21. The fraction of sp³-hybridized carbons (Fsp3) is 0.400. The summed E-state index contributed by atoms with van der Waals surface area (Å²) in [6.45, 7) is 4.49. The maximum atomic E-state index is 2.48. The second-order valence-corrected chi connectivity index (χ2v) is 5.05. The van der Waals surface area contributed by atoms with Gasteiger partial charge in [-0.25, -0.2) is 0 Å². The van der Waals surface area contributed by atoms with Crippen LogP contribution < -0.4 is 0 Å². The van der Waals surface area contributed by atoms with Crippen LogP contribution in [0.3, 0.4) is 0 Å². The summed E-state index contributed by atoms with van der Waals surface area (Å²) >= 11 is 2.47. The van der Waals surface area contributed by atoms with Crippen LogP contribution in [0.15, 0.2) is 24.3 Å². The van der Waals surface area contributed by atoms with E-state index in [2.05, 4.69) is 58.7 Å². The molecule has 0 bridgehead atoms. The zero-order valence-electron chi connectivity index (χ0n) is 7.13. The Balaban J connectivity index is 2.22. The Morgan fingerprint density at radius 2 is 1.75 bits per heavy atom. The predicted octanol–water partition coefficient (Wildman–Crippen LogP) is 2.78. The number of nitrogens with zero attached hydrogens (tertiary/aromatic N) is 1. The first-order valence-electron chi connectivity index (χ1n) is 4.22. The number of hydrogen-bond acceptors (Lipinski definition) is 1. The van der Waals surface area contributed by atoms with Crippen molar-refractivity contribution in [2.24, 2.45) is 0 Å². The van der Waals surface area contributed by atoms with E-state index >= 15 is 0 Å². The molecule has 1 aromatic carbocycles. The molecule has 0 radical (unpaired) electrons. The standard InChI is InChI=1S/C10H12IN/c1-8(11)12-6-9-4-2-3-5-10(9)7-12/h2-5,8H,6-7H2,1H3. The predicted molar refractivity (Wildman–Crippen MR) is 59.2 cm³/mol. The highest BCUT2D eigenvalue weighted by atomic mass is 127. The molecule has 0 aromatic heterocycles. The number of halogens is 1. The molecule has 1 unspecified atom stereocenters. The molecule has 1 aromatic rings. The van der Waals surface area contributed by atoms with Crippen LogP contribution in [-0.4, -0.2) is 8.95 Å². The van der Waals surface area contributed by atoms with Gasteiger partial charge in [0.25, 0.3) is 0 Å². The van der Waals surface area contributed by atoms with Gasteiger partial charge in [-0.2, -0.15) is 0 Å². The second-order valence-electron chi connectivity index (χ2n) is 3.25. The molecule has 0 aliphatic carbocycles. The van der Waals surface area contributed by atoms with Gasteiger partial charge >= 0.3 is 0 Å². The highest BCUT2D eigenvalue weighted by Crippen LogP contribution is 2.25. The van der Waals surface area contributed by atoms with Crippen molar-refractivity contribution in [3.05, 3.63) is 35.4 Å². The SMILES string of the molecule is CC(I)N1Cc2ccccc2C1. The van der Waals surface area contributed by atoms with Crippen molar-refractivity contribution in [3.63, 3.8) is 0 Å². The van der Waals surface area contributed by atoms with Gasteiger partial charge in [-0.05, 0) is 18.1 Å². The molecule has 1 aliphatic rings. The van der Waals surface area contributed by atoms with E-state index in [1.54, 1.807) is 0 Å². The van der Waals surface area contributed by atoms with Gasteiger partial charge in [-0.1, -0.05) is 46.9 Å². The number of benzene rings is 1. The van der Waals surface area contributed by atoms with E-state index < -0.39 is 0 Å². The van der Waals surface area contributed by atoms with Gasteiger partial charge in [-0.3, -0.25) is 4.90 Å². The molecular formula is C10H12IN. The van der Waals surface area contributed by atoms with Gasteiger partial charge in [0, 0.05) is 13.1 Å². The minimum Gasteiger partial charge on any atom is -0.283 e. The first kappa shape index (κ1) is 8.51. The van der Waals surface area contributed by atoms with Gasteiger partial charge in [-0.15, -0.1) is 0 Å². The fourth-order valence-electron chi connectivity index (χ4n) is 1.61. The first-order chi connectivity index (χ1) is 5.77. The van der Waals surface area contributed by atoms with Crippen LogP contribution in [0.1, 0.15) is 18.1 Å². The highest BCUT2D eigenvalue weighted by molar-refractivity contribution is 14.1. The summed E-state index contributed by atoms with van der Waals surface area (Å²) in [5.74, 6) is 0. The summed E-state index contributed by atoms with van der Waals surface area (Å²) in [5.41, 5.74) is 3.00. The van der Waals surface area contributed by atoms with Crippen molar-refractivity contribution < 1.29 is 0 Å². The molecule has 0 fully saturated rings. The van der Waals surface area contributed by atoms with Gasteiger partial charge in [0.05, 0.1) is 4.05 Å². The molecule has 1 nitrogen and oxygen atoms in total. The molecule has 0 saturated heterocycles. The maximum absolute atomic E-state index is 2.48. The van der Waals surface area contributed by atoms with Crippen LogP contribution >= 0.6 is 22.6 Å². The van der Waals surface area contributed by atoms with E-state index in [9.17, 15) is 0 Å². The van der Waals surface area contributed by atoms with Crippen molar-refractivity contribution in [1.82, 2.24) is 4.90 Å². The zero-order valence-corrected chi connectivity index (χ0v) is 9.28. The van der Waals surface area contributed by atoms with Crippen LogP contribution in [0.25, 0.3) is 0 Å². The molecule has 12 heavy (non-hydrogen) atoms. The topological polar surface area (TPSA) is 3.24 Å². The Morgan fingerprint density at radius 3 is 2.17 bits per heavy atom. The molecule has 0 spiro atoms. The molecule has 0 saturated carbocycles. The number of fused-ring (bicyclic) bond motifs is 1. The monoisotopic (exact) mass is 273 g/mol. The molecule has 2 rings (SSSR count). The Kier molecular flexibility index (Phi) is 2.37. The molecular weight excluding hydrogens is 261 g/mol. The smallest absolute Gasteiger partial charge is 0.0596 e. The molecule has 2 heteroatoms. The van der Waals surface area contributed by atoms with E-state index in [0.29, 0.717) is 4.05 Å². The Labute approximate surface area is 86.9 Å². The lowest BCUT2D eigenvalue weighted by atomic mass is 10.1. The summed E-state index contributed by atoms with van der Waals surface area (Å²) in [6.07, 6.45) is 0. The molecule has 64 valence electrons. The van der Waals surface area contributed by atoms with E-state index in [1.807, 2.05) is 0 Å². The second kappa shape index (κ2) is 3.34. The first-order valence-corrected chi connectivity index (χ1v) is 5.47. The fourth-order valence-corrected chi connectivity index (χ4v) is 2.00. The lowest BCUT2D eigenvalue weighted by molar-refractivity contribution is 0.288. The zero-order chi connectivity index (χ0) is 8.55. The summed E-state index contributed by atoms with van der Waals surface area (Å²) in [6, 6.07) is 8.71. The van der Waals surface area contributed by atoms with Gasteiger partial charge < -0.3 is 0 Å². The molecule has 0 amide bonds. The van der Waals surface area contributed by atoms with Crippen molar-refractivity contribution in [2.45, 2.75) is 24.1 Å². The molecule has 0 N–H and O–H groups in total. The van der Waals surface area contributed by atoms with Crippen LogP contribution in [0.4, 0.5) is 0 Å². The number of rotatable bonds is 1. The van der Waals surface area contributed by atoms with Gasteiger partial charge in [0.15, 0.2) is 0 Å². The van der Waals surface area contributed by atoms with E-state index in [0.717, 1.165) is 13.1 Å². The molecule has 1 heterocycles. The maximum Gasteiger partial charge on any atom is 0.0596 e. The third kappa shape index (κ3) is 1.50. The van der Waals surface area contributed by atoms with Crippen LogP contribution in [0.5, 0.6) is 0 Å². The van der Waals surface area contributed by atoms with E-state index in [1.165, 1.54) is 11.1 Å². The number of hydrogen-bond donors (Lipinski definition) is 0.